The highest BCUT2D eigenvalue weighted by atomic mass is 35.6. The van der Waals surface area contributed by atoms with E-state index in [1.165, 1.54) is 5.19 Å². The molecule has 1 rings (SSSR count). The molecule has 1 aromatic rings. The summed E-state index contributed by atoms with van der Waals surface area (Å²) in [6.07, 6.45) is 0. The van der Waals surface area contributed by atoms with Gasteiger partial charge in [0.25, 0.3) is 0 Å². The maximum atomic E-state index is 6.37. The first-order valence-corrected chi connectivity index (χ1v) is 8.31. The normalized spacial score (nSPS) is 11.5. The van der Waals surface area contributed by atoms with Crippen LogP contribution in [0.25, 0.3) is 0 Å². The SMILES string of the molecule is COc1c(C)cccc1[Si](C)(C)Cl. The van der Waals surface area contributed by atoms with Crippen LogP contribution in [0.3, 0.4) is 0 Å². The number of methoxy groups -OCH3 is 1. The number of benzene rings is 1. The standard InChI is InChI=1S/C10H15ClOSi/c1-8-6-5-7-9(10(8)12-2)13(3,4)11/h5-7H,1-4H3. The lowest BCUT2D eigenvalue weighted by atomic mass is 10.2. The Balaban J connectivity index is 3.29. The first-order valence-electron chi connectivity index (χ1n) is 4.30. The summed E-state index contributed by atoms with van der Waals surface area (Å²) in [5.74, 6) is 0.953. The van der Waals surface area contributed by atoms with Crippen LogP contribution in [0.4, 0.5) is 0 Å². The van der Waals surface area contributed by atoms with Crippen molar-refractivity contribution in [2.75, 3.05) is 7.11 Å². The van der Waals surface area contributed by atoms with E-state index in [1.807, 2.05) is 19.1 Å². The molecule has 0 fully saturated rings. The van der Waals surface area contributed by atoms with Crippen LogP contribution in [0.15, 0.2) is 18.2 Å². The number of para-hydroxylation sites is 1. The minimum absolute atomic E-state index is 0.953. The van der Waals surface area contributed by atoms with Crippen LogP contribution >= 0.6 is 11.1 Å². The Kier molecular flexibility index (Phi) is 3.04. The molecule has 0 aliphatic heterocycles. The average Bonchev–Trinajstić information content (AvgIpc) is 2.02. The van der Waals surface area contributed by atoms with Crippen LogP contribution in [0.5, 0.6) is 5.75 Å². The van der Waals surface area contributed by atoms with Crippen LogP contribution in [-0.4, -0.2) is 14.5 Å². The number of halogens is 1. The molecule has 13 heavy (non-hydrogen) atoms. The quantitative estimate of drug-likeness (QED) is 0.544. The molecule has 1 aromatic carbocycles. The Morgan fingerprint density at radius 2 is 1.92 bits per heavy atom. The van der Waals surface area contributed by atoms with Gasteiger partial charge in [-0.3, -0.25) is 0 Å². The second kappa shape index (κ2) is 3.72. The third-order valence-electron chi connectivity index (χ3n) is 2.06. The van der Waals surface area contributed by atoms with E-state index >= 15 is 0 Å². The molecule has 0 heterocycles. The molecular formula is C10H15ClOSi. The smallest absolute Gasteiger partial charge is 0.185 e. The van der Waals surface area contributed by atoms with Gasteiger partial charge in [0.05, 0.1) is 7.11 Å². The lowest BCUT2D eigenvalue weighted by Gasteiger charge is -2.18. The van der Waals surface area contributed by atoms with E-state index in [9.17, 15) is 0 Å². The van der Waals surface area contributed by atoms with Crippen molar-refractivity contribution in [1.82, 2.24) is 0 Å². The van der Waals surface area contributed by atoms with E-state index in [4.69, 9.17) is 15.8 Å². The Labute approximate surface area is 85.4 Å². The van der Waals surface area contributed by atoms with Crippen molar-refractivity contribution in [3.05, 3.63) is 23.8 Å². The molecular weight excluding hydrogens is 200 g/mol. The Hall–Kier alpha value is -0.473. The molecule has 0 saturated heterocycles. The fourth-order valence-corrected chi connectivity index (χ4v) is 3.17. The van der Waals surface area contributed by atoms with E-state index in [1.54, 1.807) is 7.11 Å². The molecule has 3 heteroatoms. The third kappa shape index (κ3) is 2.26. The predicted octanol–water partition coefficient (Wildman–Crippen LogP) is 2.65. The highest BCUT2D eigenvalue weighted by Gasteiger charge is 2.24. The topological polar surface area (TPSA) is 9.23 Å². The molecule has 0 radical (unpaired) electrons. The zero-order valence-corrected chi connectivity index (χ0v) is 10.3. The molecule has 0 unspecified atom stereocenters. The molecule has 0 aliphatic carbocycles. The van der Waals surface area contributed by atoms with Gasteiger partial charge in [-0.2, -0.15) is 11.1 Å². The molecule has 0 amide bonds. The fourth-order valence-electron chi connectivity index (χ4n) is 1.39. The molecule has 0 spiro atoms. The van der Waals surface area contributed by atoms with Gasteiger partial charge in [-0.05, 0) is 17.7 Å². The van der Waals surface area contributed by atoms with Crippen molar-refractivity contribution in [1.29, 1.82) is 0 Å². The van der Waals surface area contributed by atoms with Crippen LogP contribution < -0.4 is 9.92 Å². The van der Waals surface area contributed by atoms with Crippen LogP contribution in [-0.2, 0) is 0 Å². The second-order valence-corrected chi connectivity index (χ2v) is 9.95. The van der Waals surface area contributed by atoms with E-state index in [-0.39, 0.29) is 0 Å². The van der Waals surface area contributed by atoms with Gasteiger partial charge in [-0.25, -0.2) is 0 Å². The number of ether oxygens (including phenoxy) is 1. The van der Waals surface area contributed by atoms with Gasteiger partial charge in [0.1, 0.15) is 5.75 Å². The van der Waals surface area contributed by atoms with Crippen molar-refractivity contribution >= 4 is 23.6 Å². The zero-order valence-electron chi connectivity index (χ0n) is 8.52. The van der Waals surface area contributed by atoms with Crippen LogP contribution in [0, 0.1) is 6.92 Å². The van der Waals surface area contributed by atoms with E-state index in [2.05, 4.69) is 19.2 Å². The Bertz CT molecular complexity index is 304. The summed E-state index contributed by atoms with van der Waals surface area (Å²) in [7, 11) is -0.0857. The molecule has 0 saturated carbocycles. The molecule has 0 aliphatic rings. The first-order chi connectivity index (χ1) is 5.96. The number of rotatable bonds is 2. The minimum atomic E-state index is -1.78. The Morgan fingerprint density at radius 1 is 1.31 bits per heavy atom. The van der Waals surface area contributed by atoms with Crippen LogP contribution in [0.2, 0.25) is 13.1 Å². The number of hydrogen-bond acceptors (Lipinski definition) is 1. The van der Waals surface area contributed by atoms with Crippen molar-refractivity contribution in [2.45, 2.75) is 20.0 Å². The summed E-state index contributed by atoms with van der Waals surface area (Å²) in [5, 5.41) is 1.18. The van der Waals surface area contributed by atoms with Gasteiger partial charge in [-0.15, -0.1) is 0 Å². The van der Waals surface area contributed by atoms with Gasteiger partial charge in [-0.1, -0.05) is 31.3 Å². The highest BCUT2D eigenvalue weighted by Crippen LogP contribution is 2.20. The van der Waals surface area contributed by atoms with Gasteiger partial charge >= 0.3 is 0 Å². The largest absolute Gasteiger partial charge is 0.497 e. The summed E-state index contributed by atoms with van der Waals surface area (Å²) in [6, 6.07) is 6.13. The minimum Gasteiger partial charge on any atom is -0.497 e. The monoisotopic (exact) mass is 214 g/mol. The van der Waals surface area contributed by atoms with Crippen molar-refractivity contribution < 1.29 is 4.74 Å². The fraction of sp³-hybridized carbons (Fsp3) is 0.400. The third-order valence-corrected chi connectivity index (χ3v) is 4.34. The first kappa shape index (κ1) is 10.6. The maximum absolute atomic E-state index is 6.37. The molecule has 1 nitrogen and oxygen atoms in total. The molecule has 0 atom stereocenters. The van der Waals surface area contributed by atoms with E-state index in [0.29, 0.717) is 0 Å². The Morgan fingerprint density at radius 3 is 2.31 bits per heavy atom. The number of aryl methyl sites for hydroxylation is 1. The molecule has 72 valence electrons. The van der Waals surface area contributed by atoms with Crippen molar-refractivity contribution in [3.8, 4) is 5.75 Å². The van der Waals surface area contributed by atoms with E-state index in [0.717, 1.165) is 11.3 Å². The highest BCUT2D eigenvalue weighted by molar-refractivity contribution is 7.26. The van der Waals surface area contributed by atoms with Gasteiger partial charge < -0.3 is 4.74 Å². The number of hydrogen-bond donors (Lipinski definition) is 0. The lowest BCUT2D eigenvalue weighted by molar-refractivity contribution is 0.415. The van der Waals surface area contributed by atoms with Crippen LogP contribution in [0.1, 0.15) is 5.56 Å². The average molecular weight is 215 g/mol. The van der Waals surface area contributed by atoms with Gasteiger partial charge in [0.2, 0.25) is 0 Å². The van der Waals surface area contributed by atoms with Gasteiger partial charge in [0.15, 0.2) is 7.38 Å². The van der Waals surface area contributed by atoms with E-state index < -0.39 is 7.38 Å². The lowest BCUT2D eigenvalue weighted by Crippen LogP contribution is -2.36. The summed E-state index contributed by atoms with van der Waals surface area (Å²) >= 11 is 6.37. The predicted molar refractivity (Wildman–Crippen MR) is 60.7 cm³/mol. The van der Waals surface area contributed by atoms with Crippen molar-refractivity contribution in [3.63, 3.8) is 0 Å². The van der Waals surface area contributed by atoms with Gasteiger partial charge in [0, 0.05) is 0 Å². The summed E-state index contributed by atoms with van der Waals surface area (Å²) in [4.78, 5) is 0. The molecule has 0 aromatic heterocycles. The summed E-state index contributed by atoms with van der Waals surface area (Å²) in [5.41, 5.74) is 1.15. The summed E-state index contributed by atoms with van der Waals surface area (Å²) in [6.45, 7) is 6.25. The maximum Gasteiger partial charge on any atom is 0.185 e. The van der Waals surface area contributed by atoms with Crippen molar-refractivity contribution in [2.24, 2.45) is 0 Å². The second-order valence-electron chi connectivity index (χ2n) is 3.63. The zero-order chi connectivity index (χ0) is 10.1. The molecule has 0 N–H and O–H groups in total. The summed E-state index contributed by atoms with van der Waals surface area (Å²) < 4.78 is 5.35. The molecule has 0 bridgehead atoms.